The number of carbonyl (C=O) groups is 2. The molecule has 1 unspecified atom stereocenters. The third kappa shape index (κ3) is 4.56. The van der Waals surface area contributed by atoms with Crippen LogP contribution < -0.4 is 10.6 Å². The molecule has 0 saturated carbocycles. The number of nitrogens with one attached hydrogen (secondary N) is 2. The number of rotatable bonds is 5. The fraction of sp³-hybridized carbons (Fsp3) is 0.500. The van der Waals surface area contributed by atoms with Gasteiger partial charge in [0, 0.05) is 31.8 Å². The van der Waals surface area contributed by atoms with Crippen molar-refractivity contribution in [1.29, 1.82) is 0 Å². The highest BCUT2D eigenvalue weighted by atomic mass is 16.2. The van der Waals surface area contributed by atoms with Crippen molar-refractivity contribution in [3.8, 4) is 0 Å². The van der Waals surface area contributed by atoms with Crippen LogP contribution in [0.25, 0.3) is 0 Å². The van der Waals surface area contributed by atoms with Crippen LogP contribution in [0.15, 0.2) is 24.3 Å². The summed E-state index contributed by atoms with van der Waals surface area (Å²) in [6, 6.07) is 7.06. The summed E-state index contributed by atoms with van der Waals surface area (Å²) in [5, 5.41) is 6.17. The van der Waals surface area contributed by atoms with E-state index in [1.54, 1.807) is 32.3 Å². The Morgan fingerprint density at radius 2 is 2.19 bits per heavy atom. The van der Waals surface area contributed by atoms with Crippen LogP contribution in [-0.2, 0) is 4.79 Å². The van der Waals surface area contributed by atoms with Gasteiger partial charge < -0.3 is 15.5 Å². The van der Waals surface area contributed by atoms with Crippen LogP contribution in [0.1, 0.15) is 29.6 Å². The highest BCUT2D eigenvalue weighted by Gasteiger charge is 2.16. The van der Waals surface area contributed by atoms with Crippen molar-refractivity contribution in [3.63, 3.8) is 0 Å². The summed E-state index contributed by atoms with van der Waals surface area (Å²) in [5.74, 6) is 0.553. The molecule has 1 aromatic rings. The maximum atomic E-state index is 12.0. The maximum Gasteiger partial charge on any atom is 0.253 e. The molecule has 114 valence electrons. The third-order valence-corrected chi connectivity index (χ3v) is 3.74. The standard InChI is InChI=1S/C16H23N3O2/c1-19(2)16(21)13-4-3-5-14(10-13)18-15(20)7-6-12-8-9-17-11-12/h3-5,10,12,17H,6-9,11H2,1-2H3,(H,18,20). The Bertz CT molecular complexity index is 508. The monoisotopic (exact) mass is 289 g/mol. The Morgan fingerprint density at radius 1 is 1.38 bits per heavy atom. The van der Waals surface area contributed by atoms with E-state index >= 15 is 0 Å². The topological polar surface area (TPSA) is 61.4 Å². The van der Waals surface area contributed by atoms with Gasteiger partial charge in [-0.1, -0.05) is 6.07 Å². The van der Waals surface area contributed by atoms with Crippen molar-refractivity contribution < 1.29 is 9.59 Å². The molecule has 2 amide bonds. The summed E-state index contributed by atoms with van der Waals surface area (Å²) in [6.45, 7) is 2.07. The zero-order valence-corrected chi connectivity index (χ0v) is 12.7. The minimum atomic E-state index is -0.0665. The van der Waals surface area contributed by atoms with Gasteiger partial charge in [0.2, 0.25) is 5.91 Å². The number of carbonyl (C=O) groups excluding carboxylic acids is 2. The van der Waals surface area contributed by atoms with Gasteiger partial charge in [-0.2, -0.15) is 0 Å². The van der Waals surface area contributed by atoms with Crippen molar-refractivity contribution in [2.24, 2.45) is 5.92 Å². The lowest BCUT2D eigenvalue weighted by Gasteiger charge is -2.12. The van der Waals surface area contributed by atoms with Crippen molar-refractivity contribution in [1.82, 2.24) is 10.2 Å². The highest BCUT2D eigenvalue weighted by Crippen LogP contribution is 2.16. The molecule has 1 aliphatic heterocycles. The number of hydrogen-bond donors (Lipinski definition) is 2. The zero-order valence-electron chi connectivity index (χ0n) is 12.7. The first kappa shape index (κ1) is 15.5. The zero-order chi connectivity index (χ0) is 15.2. The first-order valence-electron chi connectivity index (χ1n) is 7.38. The molecule has 0 radical (unpaired) electrons. The molecule has 2 N–H and O–H groups in total. The average Bonchev–Trinajstić information content (AvgIpc) is 2.98. The quantitative estimate of drug-likeness (QED) is 0.867. The summed E-state index contributed by atoms with van der Waals surface area (Å²) in [5.41, 5.74) is 1.26. The van der Waals surface area contributed by atoms with E-state index in [4.69, 9.17) is 0 Å². The molecular formula is C16H23N3O2. The SMILES string of the molecule is CN(C)C(=O)c1cccc(NC(=O)CCC2CCNC2)c1. The van der Waals surface area contributed by atoms with E-state index in [1.165, 1.54) is 4.90 Å². The molecule has 0 spiro atoms. The summed E-state index contributed by atoms with van der Waals surface area (Å²) < 4.78 is 0. The van der Waals surface area contributed by atoms with Crippen molar-refractivity contribution in [2.45, 2.75) is 19.3 Å². The van der Waals surface area contributed by atoms with Crippen LogP contribution in [0.2, 0.25) is 0 Å². The minimum Gasteiger partial charge on any atom is -0.345 e. The molecule has 0 bridgehead atoms. The lowest BCUT2D eigenvalue weighted by atomic mass is 10.0. The van der Waals surface area contributed by atoms with E-state index in [9.17, 15) is 9.59 Å². The Morgan fingerprint density at radius 3 is 2.86 bits per heavy atom. The molecule has 1 fully saturated rings. The van der Waals surface area contributed by atoms with Crippen LogP contribution in [0.4, 0.5) is 5.69 Å². The van der Waals surface area contributed by atoms with Gasteiger partial charge in [-0.3, -0.25) is 9.59 Å². The Kier molecular flexibility index (Phi) is 5.33. The van der Waals surface area contributed by atoms with E-state index in [1.807, 2.05) is 6.07 Å². The van der Waals surface area contributed by atoms with Crippen molar-refractivity contribution in [2.75, 3.05) is 32.5 Å². The van der Waals surface area contributed by atoms with Gasteiger partial charge in [0.25, 0.3) is 5.91 Å². The average molecular weight is 289 g/mol. The van der Waals surface area contributed by atoms with Crippen LogP contribution >= 0.6 is 0 Å². The first-order valence-corrected chi connectivity index (χ1v) is 7.38. The molecule has 5 nitrogen and oxygen atoms in total. The van der Waals surface area contributed by atoms with Crippen molar-refractivity contribution >= 4 is 17.5 Å². The van der Waals surface area contributed by atoms with Crippen LogP contribution in [0, 0.1) is 5.92 Å². The molecule has 0 aromatic heterocycles. The molecule has 1 saturated heterocycles. The second-order valence-electron chi connectivity index (χ2n) is 5.73. The lowest BCUT2D eigenvalue weighted by molar-refractivity contribution is -0.116. The summed E-state index contributed by atoms with van der Waals surface area (Å²) in [4.78, 5) is 25.4. The lowest BCUT2D eigenvalue weighted by Crippen LogP contribution is -2.22. The Balaban J connectivity index is 1.88. The Hall–Kier alpha value is -1.88. The van der Waals surface area contributed by atoms with Gasteiger partial charge >= 0.3 is 0 Å². The van der Waals surface area contributed by atoms with Gasteiger partial charge in [0.1, 0.15) is 0 Å². The van der Waals surface area contributed by atoms with Gasteiger partial charge in [-0.15, -0.1) is 0 Å². The highest BCUT2D eigenvalue weighted by molar-refractivity contribution is 5.96. The predicted octanol–water partition coefficient (Wildman–Crippen LogP) is 1.72. The van der Waals surface area contributed by atoms with E-state index in [2.05, 4.69) is 10.6 Å². The second-order valence-corrected chi connectivity index (χ2v) is 5.73. The molecular weight excluding hydrogens is 266 g/mol. The minimum absolute atomic E-state index is 0.0105. The smallest absolute Gasteiger partial charge is 0.253 e. The molecule has 21 heavy (non-hydrogen) atoms. The number of benzene rings is 1. The van der Waals surface area contributed by atoms with Gasteiger partial charge in [-0.05, 0) is 50.0 Å². The van der Waals surface area contributed by atoms with Gasteiger partial charge in [0.15, 0.2) is 0 Å². The van der Waals surface area contributed by atoms with E-state index in [0.717, 1.165) is 25.9 Å². The molecule has 0 aliphatic carbocycles. The van der Waals surface area contributed by atoms with Gasteiger partial charge in [0.05, 0.1) is 0 Å². The Labute approximate surface area is 125 Å². The maximum absolute atomic E-state index is 12.0. The van der Waals surface area contributed by atoms with Crippen LogP contribution in [0.5, 0.6) is 0 Å². The number of nitrogens with zero attached hydrogens (tertiary/aromatic N) is 1. The third-order valence-electron chi connectivity index (χ3n) is 3.74. The molecule has 1 heterocycles. The molecule has 1 aliphatic rings. The molecule has 2 rings (SSSR count). The number of anilines is 1. The first-order chi connectivity index (χ1) is 10.1. The van der Waals surface area contributed by atoms with E-state index < -0.39 is 0 Å². The summed E-state index contributed by atoms with van der Waals surface area (Å²) >= 11 is 0. The summed E-state index contributed by atoms with van der Waals surface area (Å²) in [6.07, 6.45) is 2.59. The largest absolute Gasteiger partial charge is 0.345 e. The number of amides is 2. The molecule has 5 heteroatoms. The van der Waals surface area contributed by atoms with Gasteiger partial charge in [-0.25, -0.2) is 0 Å². The summed E-state index contributed by atoms with van der Waals surface area (Å²) in [7, 11) is 3.42. The molecule has 1 atom stereocenters. The van der Waals surface area contributed by atoms with E-state index in [-0.39, 0.29) is 11.8 Å². The van der Waals surface area contributed by atoms with Crippen molar-refractivity contribution in [3.05, 3.63) is 29.8 Å². The fourth-order valence-electron chi connectivity index (χ4n) is 2.51. The van der Waals surface area contributed by atoms with Crippen LogP contribution in [-0.4, -0.2) is 43.9 Å². The predicted molar refractivity (Wildman–Crippen MR) is 83.3 cm³/mol. The molecule has 1 aromatic carbocycles. The number of hydrogen-bond acceptors (Lipinski definition) is 3. The second kappa shape index (κ2) is 7.22. The fourth-order valence-corrected chi connectivity index (χ4v) is 2.51. The van der Waals surface area contributed by atoms with Crippen LogP contribution in [0.3, 0.4) is 0 Å². The normalized spacial score (nSPS) is 17.5. The van der Waals surface area contributed by atoms with E-state index in [0.29, 0.717) is 23.6 Å².